The number of amides is 1. The van der Waals surface area contributed by atoms with E-state index in [1.807, 2.05) is 0 Å². The van der Waals surface area contributed by atoms with Crippen molar-refractivity contribution < 1.29 is 17.9 Å². The quantitative estimate of drug-likeness (QED) is 0.865. The number of carbonyl (C=O) groups excluding carboxylic acids is 1. The van der Waals surface area contributed by atoms with Crippen LogP contribution in [0.15, 0.2) is 41.3 Å². The van der Waals surface area contributed by atoms with Gasteiger partial charge in [0.1, 0.15) is 5.75 Å². The Morgan fingerprint density at radius 3 is 2.65 bits per heavy atom. The molecule has 1 N–H and O–H groups in total. The molecule has 8 heteroatoms. The standard InChI is InChI=1S/C18H19ClN2O4S/c1-11-4-6-14(26(23,24)21(2)3)10-15(11)20-18(22)17-9-12-8-13(19)5-7-16(12)25-17/h4-8,10,17H,9H2,1-3H3,(H,20,22)/t17-/m0/s1. The normalized spacial score (nSPS) is 16.3. The summed E-state index contributed by atoms with van der Waals surface area (Å²) in [6.45, 7) is 1.80. The van der Waals surface area contributed by atoms with Crippen LogP contribution in [0, 0.1) is 6.92 Å². The summed E-state index contributed by atoms with van der Waals surface area (Å²) in [6.07, 6.45) is -0.270. The van der Waals surface area contributed by atoms with E-state index >= 15 is 0 Å². The molecule has 0 unspecified atom stereocenters. The summed E-state index contributed by atoms with van der Waals surface area (Å²) in [6, 6.07) is 9.86. The summed E-state index contributed by atoms with van der Waals surface area (Å²) in [5, 5.41) is 3.36. The van der Waals surface area contributed by atoms with E-state index in [2.05, 4.69) is 5.32 Å². The van der Waals surface area contributed by atoms with Gasteiger partial charge in [0, 0.05) is 31.2 Å². The lowest BCUT2D eigenvalue weighted by atomic mass is 10.1. The summed E-state index contributed by atoms with van der Waals surface area (Å²) in [5.41, 5.74) is 2.07. The summed E-state index contributed by atoms with van der Waals surface area (Å²) >= 11 is 5.97. The molecule has 1 atom stereocenters. The average molecular weight is 395 g/mol. The van der Waals surface area contributed by atoms with Crippen molar-refractivity contribution in [3.8, 4) is 5.75 Å². The minimum atomic E-state index is -3.58. The van der Waals surface area contributed by atoms with E-state index in [4.69, 9.17) is 16.3 Å². The number of benzene rings is 2. The van der Waals surface area contributed by atoms with Crippen molar-refractivity contribution in [1.29, 1.82) is 0 Å². The van der Waals surface area contributed by atoms with Gasteiger partial charge in [0.2, 0.25) is 10.0 Å². The molecule has 2 aromatic carbocycles. The van der Waals surface area contributed by atoms with Crippen LogP contribution in [-0.2, 0) is 21.2 Å². The van der Waals surface area contributed by atoms with Crippen LogP contribution in [0.3, 0.4) is 0 Å². The lowest BCUT2D eigenvalue weighted by Crippen LogP contribution is -2.31. The lowest BCUT2D eigenvalue weighted by molar-refractivity contribution is -0.122. The van der Waals surface area contributed by atoms with Crippen LogP contribution in [0.1, 0.15) is 11.1 Å². The SMILES string of the molecule is Cc1ccc(S(=O)(=O)N(C)C)cc1NC(=O)[C@@H]1Cc2cc(Cl)ccc2O1. The molecule has 26 heavy (non-hydrogen) atoms. The molecule has 1 amide bonds. The number of halogens is 1. The highest BCUT2D eigenvalue weighted by molar-refractivity contribution is 7.89. The van der Waals surface area contributed by atoms with Crippen LogP contribution >= 0.6 is 11.6 Å². The zero-order valence-electron chi connectivity index (χ0n) is 14.6. The van der Waals surface area contributed by atoms with E-state index in [9.17, 15) is 13.2 Å². The van der Waals surface area contributed by atoms with E-state index in [1.54, 1.807) is 31.2 Å². The molecule has 0 aliphatic carbocycles. The molecule has 138 valence electrons. The lowest BCUT2D eigenvalue weighted by Gasteiger charge is -2.16. The van der Waals surface area contributed by atoms with Crippen molar-refractivity contribution >= 4 is 33.2 Å². The van der Waals surface area contributed by atoms with Crippen LogP contribution in [0.5, 0.6) is 5.75 Å². The van der Waals surface area contributed by atoms with Crippen molar-refractivity contribution in [2.75, 3.05) is 19.4 Å². The fourth-order valence-corrected chi connectivity index (χ4v) is 3.81. The summed E-state index contributed by atoms with van der Waals surface area (Å²) in [5.74, 6) is 0.301. The van der Waals surface area contributed by atoms with Gasteiger partial charge in [-0.1, -0.05) is 17.7 Å². The number of anilines is 1. The maximum absolute atomic E-state index is 12.6. The van der Waals surface area contributed by atoms with Gasteiger partial charge in [-0.3, -0.25) is 4.79 Å². The Kier molecular flexibility index (Phi) is 4.96. The van der Waals surface area contributed by atoms with Crippen molar-refractivity contribution in [2.45, 2.75) is 24.3 Å². The summed E-state index contributed by atoms with van der Waals surface area (Å²) in [7, 11) is -0.662. The molecule has 0 bridgehead atoms. The Morgan fingerprint density at radius 2 is 1.96 bits per heavy atom. The molecular weight excluding hydrogens is 376 g/mol. The first-order chi connectivity index (χ1) is 12.2. The van der Waals surface area contributed by atoms with E-state index in [0.29, 0.717) is 22.9 Å². The van der Waals surface area contributed by atoms with E-state index in [0.717, 1.165) is 15.4 Å². The Bertz CT molecular complexity index is 973. The van der Waals surface area contributed by atoms with Crippen molar-refractivity contribution in [3.05, 3.63) is 52.5 Å². The number of ether oxygens (including phenoxy) is 1. The predicted octanol–water partition coefficient (Wildman–Crippen LogP) is 2.84. The molecule has 2 aromatic rings. The van der Waals surface area contributed by atoms with Crippen molar-refractivity contribution in [2.24, 2.45) is 0 Å². The zero-order valence-corrected chi connectivity index (χ0v) is 16.2. The van der Waals surface area contributed by atoms with Gasteiger partial charge in [0.25, 0.3) is 5.91 Å². The molecule has 0 saturated carbocycles. The topological polar surface area (TPSA) is 75.7 Å². The van der Waals surface area contributed by atoms with Crippen molar-refractivity contribution in [1.82, 2.24) is 4.31 Å². The van der Waals surface area contributed by atoms with Gasteiger partial charge in [-0.15, -0.1) is 0 Å². The fourth-order valence-electron chi connectivity index (χ4n) is 2.68. The Morgan fingerprint density at radius 1 is 1.23 bits per heavy atom. The molecule has 0 saturated heterocycles. The van der Waals surface area contributed by atoms with Crippen LogP contribution in [0.2, 0.25) is 5.02 Å². The van der Waals surface area contributed by atoms with Gasteiger partial charge in [-0.05, 0) is 48.4 Å². The van der Waals surface area contributed by atoms with E-state index in [1.165, 1.54) is 26.2 Å². The number of aryl methyl sites for hydroxylation is 1. The third kappa shape index (κ3) is 3.56. The third-order valence-electron chi connectivity index (χ3n) is 4.23. The van der Waals surface area contributed by atoms with Gasteiger partial charge >= 0.3 is 0 Å². The monoisotopic (exact) mass is 394 g/mol. The van der Waals surface area contributed by atoms with Gasteiger partial charge in [0.05, 0.1) is 4.90 Å². The number of rotatable bonds is 4. The fraction of sp³-hybridized carbons (Fsp3) is 0.278. The first-order valence-electron chi connectivity index (χ1n) is 7.97. The molecule has 3 rings (SSSR count). The van der Waals surface area contributed by atoms with Crippen LogP contribution in [0.25, 0.3) is 0 Å². The summed E-state index contributed by atoms with van der Waals surface area (Å²) in [4.78, 5) is 12.7. The number of nitrogens with zero attached hydrogens (tertiary/aromatic N) is 1. The number of nitrogens with one attached hydrogen (secondary N) is 1. The second-order valence-electron chi connectivity index (χ2n) is 6.32. The molecule has 1 aliphatic heterocycles. The van der Waals surface area contributed by atoms with Gasteiger partial charge < -0.3 is 10.1 Å². The molecule has 1 heterocycles. The number of sulfonamides is 1. The minimum Gasteiger partial charge on any atom is -0.480 e. The van der Waals surface area contributed by atoms with Gasteiger partial charge in [0.15, 0.2) is 6.10 Å². The maximum atomic E-state index is 12.6. The zero-order chi connectivity index (χ0) is 19.1. The average Bonchev–Trinajstić information content (AvgIpc) is 2.99. The maximum Gasteiger partial charge on any atom is 0.265 e. The number of fused-ring (bicyclic) bond motifs is 1. The van der Waals surface area contributed by atoms with Crippen LogP contribution in [-0.4, -0.2) is 38.8 Å². The smallest absolute Gasteiger partial charge is 0.265 e. The highest BCUT2D eigenvalue weighted by Gasteiger charge is 2.30. The van der Waals surface area contributed by atoms with Crippen LogP contribution < -0.4 is 10.1 Å². The Hall–Kier alpha value is -2.09. The van der Waals surface area contributed by atoms with E-state index in [-0.39, 0.29) is 10.8 Å². The molecule has 0 radical (unpaired) electrons. The second-order valence-corrected chi connectivity index (χ2v) is 8.90. The number of hydrogen-bond acceptors (Lipinski definition) is 4. The predicted molar refractivity (Wildman–Crippen MR) is 100 cm³/mol. The van der Waals surface area contributed by atoms with Crippen LogP contribution in [0.4, 0.5) is 5.69 Å². The highest BCUT2D eigenvalue weighted by atomic mass is 35.5. The molecule has 0 aromatic heterocycles. The first-order valence-corrected chi connectivity index (χ1v) is 9.79. The minimum absolute atomic E-state index is 0.116. The largest absolute Gasteiger partial charge is 0.480 e. The molecule has 6 nitrogen and oxygen atoms in total. The third-order valence-corrected chi connectivity index (χ3v) is 6.28. The van der Waals surface area contributed by atoms with E-state index < -0.39 is 16.1 Å². The van der Waals surface area contributed by atoms with Crippen molar-refractivity contribution in [3.63, 3.8) is 0 Å². The molecule has 0 spiro atoms. The Balaban J connectivity index is 1.80. The van der Waals surface area contributed by atoms with Gasteiger partial charge in [-0.2, -0.15) is 0 Å². The molecular formula is C18H19ClN2O4S. The highest BCUT2D eigenvalue weighted by Crippen LogP contribution is 2.32. The number of carbonyl (C=O) groups is 1. The summed E-state index contributed by atoms with van der Waals surface area (Å²) < 4.78 is 31.4. The molecule has 1 aliphatic rings. The number of hydrogen-bond donors (Lipinski definition) is 1. The first kappa shape index (κ1) is 18.7. The molecule has 0 fully saturated rings. The Labute approximate surface area is 157 Å². The second kappa shape index (κ2) is 6.90. The van der Waals surface area contributed by atoms with Gasteiger partial charge in [-0.25, -0.2) is 12.7 Å².